The van der Waals surface area contributed by atoms with Crippen LogP contribution < -0.4 is 4.31 Å². The minimum Gasteiger partial charge on any atom is -0.508 e. The zero-order valence-corrected chi connectivity index (χ0v) is 13.5. The zero-order valence-electron chi connectivity index (χ0n) is 12.6. The molecule has 2 rings (SSSR count). The molecule has 0 aliphatic carbocycles. The summed E-state index contributed by atoms with van der Waals surface area (Å²) in [4.78, 5) is 0.186. The van der Waals surface area contributed by atoms with E-state index in [0.717, 1.165) is 19.3 Å². The summed E-state index contributed by atoms with van der Waals surface area (Å²) in [5.74, 6) is 0.0520. The van der Waals surface area contributed by atoms with Gasteiger partial charge in [-0.3, -0.25) is 4.31 Å². The Hall–Kier alpha value is -2.01. The van der Waals surface area contributed by atoms with Crippen molar-refractivity contribution in [3.63, 3.8) is 0 Å². The van der Waals surface area contributed by atoms with Gasteiger partial charge in [-0.15, -0.1) is 0 Å². The second-order valence-electron chi connectivity index (χ2n) is 5.11. The molecule has 0 bridgehead atoms. The van der Waals surface area contributed by atoms with E-state index in [4.69, 9.17) is 0 Å². The van der Waals surface area contributed by atoms with E-state index in [9.17, 15) is 13.5 Å². The second kappa shape index (κ2) is 7.31. The molecule has 0 fully saturated rings. The van der Waals surface area contributed by atoms with Crippen molar-refractivity contribution in [3.8, 4) is 5.75 Å². The highest BCUT2D eigenvalue weighted by Gasteiger charge is 2.24. The van der Waals surface area contributed by atoms with Gasteiger partial charge in [0.15, 0.2) is 0 Å². The summed E-state index contributed by atoms with van der Waals surface area (Å²) in [5.41, 5.74) is 0.659. The second-order valence-corrected chi connectivity index (χ2v) is 6.98. The third kappa shape index (κ3) is 3.80. The minimum absolute atomic E-state index is 0.0520. The van der Waals surface area contributed by atoms with Crippen molar-refractivity contribution in [2.75, 3.05) is 10.8 Å². The molecule has 0 aliphatic heterocycles. The first-order valence-electron chi connectivity index (χ1n) is 7.42. The fourth-order valence-electron chi connectivity index (χ4n) is 2.23. The topological polar surface area (TPSA) is 57.6 Å². The summed E-state index contributed by atoms with van der Waals surface area (Å²) in [7, 11) is -3.63. The first-order chi connectivity index (χ1) is 10.6. The van der Waals surface area contributed by atoms with Crippen LogP contribution in [0.25, 0.3) is 0 Å². The number of hydrogen-bond acceptors (Lipinski definition) is 3. The number of para-hydroxylation sites is 1. The maximum absolute atomic E-state index is 12.9. The van der Waals surface area contributed by atoms with E-state index in [1.807, 2.05) is 18.2 Å². The molecule has 1 N–H and O–H groups in total. The third-order valence-electron chi connectivity index (χ3n) is 3.43. The lowest BCUT2D eigenvalue weighted by Crippen LogP contribution is -2.32. The Morgan fingerprint density at radius 3 is 2.18 bits per heavy atom. The number of benzene rings is 2. The number of rotatable bonds is 7. The molecule has 2 aromatic rings. The highest BCUT2D eigenvalue weighted by Crippen LogP contribution is 2.25. The van der Waals surface area contributed by atoms with E-state index < -0.39 is 10.0 Å². The molecular formula is C17H21NO3S. The maximum Gasteiger partial charge on any atom is 0.264 e. The highest BCUT2D eigenvalue weighted by atomic mass is 32.2. The number of unbranched alkanes of at least 4 members (excludes halogenated alkanes) is 2. The van der Waals surface area contributed by atoms with Crippen LogP contribution in [-0.4, -0.2) is 20.1 Å². The van der Waals surface area contributed by atoms with E-state index in [1.165, 1.54) is 28.6 Å². The van der Waals surface area contributed by atoms with Crippen LogP contribution >= 0.6 is 0 Å². The lowest BCUT2D eigenvalue weighted by Gasteiger charge is -2.24. The molecule has 118 valence electrons. The summed E-state index contributed by atoms with van der Waals surface area (Å²) in [5, 5.41) is 9.34. The summed E-state index contributed by atoms with van der Waals surface area (Å²) in [6.45, 7) is 2.53. The summed E-state index contributed by atoms with van der Waals surface area (Å²) >= 11 is 0. The Kier molecular flexibility index (Phi) is 5.44. The standard InChI is InChI=1S/C17H21NO3S/c1-2-3-7-14-18(15-8-5-4-6-9-15)22(20,21)17-12-10-16(19)11-13-17/h4-6,8-13,19H,2-3,7,14H2,1H3. The molecule has 0 aromatic heterocycles. The fraction of sp³-hybridized carbons (Fsp3) is 0.294. The minimum atomic E-state index is -3.63. The summed E-state index contributed by atoms with van der Waals surface area (Å²) in [6.07, 6.45) is 2.82. The average Bonchev–Trinajstić information content (AvgIpc) is 2.52. The lowest BCUT2D eigenvalue weighted by molar-refractivity contribution is 0.474. The molecule has 0 radical (unpaired) electrons. The SMILES string of the molecule is CCCCCN(c1ccccc1)S(=O)(=O)c1ccc(O)cc1. The van der Waals surface area contributed by atoms with Gasteiger partial charge >= 0.3 is 0 Å². The molecular weight excluding hydrogens is 298 g/mol. The molecule has 0 spiro atoms. The molecule has 2 aromatic carbocycles. The molecule has 0 amide bonds. The van der Waals surface area contributed by atoms with E-state index in [0.29, 0.717) is 12.2 Å². The predicted octanol–water partition coefficient (Wildman–Crippen LogP) is 3.78. The van der Waals surface area contributed by atoms with Crippen molar-refractivity contribution in [1.82, 2.24) is 0 Å². The quantitative estimate of drug-likeness (QED) is 0.790. The zero-order chi connectivity index (χ0) is 16.0. The third-order valence-corrected chi connectivity index (χ3v) is 5.28. The van der Waals surface area contributed by atoms with Gasteiger partial charge in [-0.05, 0) is 42.8 Å². The molecule has 0 saturated carbocycles. The number of anilines is 1. The summed E-state index contributed by atoms with van der Waals surface area (Å²) in [6, 6.07) is 14.8. The van der Waals surface area contributed by atoms with Crippen LogP contribution in [-0.2, 0) is 10.0 Å². The molecule has 22 heavy (non-hydrogen) atoms. The van der Waals surface area contributed by atoms with Crippen LogP contribution in [0.1, 0.15) is 26.2 Å². The van der Waals surface area contributed by atoms with Gasteiger partial charge in [0.1, 0.15) is 5.75 Å². The van der Waals surface area contributed by atoms with Crippen LogP contribution in [0.5, 0.6) is 5.75 Å². The van der Waals surface area contributed by atoms with Crippen molar-refractivity contribution in [3.05, 3.63) is 54.6 Å². The number of hydrogen-bond donors (Lipinski definition) is 1. The van der Waals surface area contributed by atoms with Gasteiger partial charge < -0.3 is 5.11 Å². The Bertz CT molecular complexity index is 682. The maximum atomic E-state index is 12.9. The smallest absolute Gasteiger partial charge is 0.264 e. The van der Waals surface area contributed by atoms with Crippen LogP contribution in [0.2, 0.25) is 0 Å². The van der Waals surface area contributed by atoms with E-state index >= 15 is 0 Å². The average molecular weight is 319 g/mol. The highest BCUT2D eigenvalue weighted by molar-refractivity contribution is 7.92. The summed E-state index contributed by atoms with van der Waals surface area (Å²) < 4.78 is 27.2. The van der Waals surface area contributed by atoms with Crippen molar-refractivity contribution in [2.45, 2.75) is 31.1 Å². The Morgan fingerprint density at radius 2 is 1.59 bits per heavy atom. The van der Waals surface area contributed by atoms with Crippen molar-refractivity contribution >= 4 is 15.7 Å². The Morgan fingerprint density at radius 1 is 0.955 bits per heavy atom. The van der Waals surface area contributed by atoms with Gasteiger partial charge in [-0.2, -0.15) is 0 Å². The predicted molar refractivity (Wildman–Crippen MR) is 88.6 cm³/mol. The van der Waals surface area contributed by atoms with Crippen LogP contribution in [0.4, 0.5) is 5.69 Å². The molecule has 0 unspecified atom stereocenters. The van der Waals surface area contributed by atoms with Gasteiger partial charge in [-0.1, -0.05) is 38.0 Å². The van der Waals surface area contributed by atoms with Gasteiger partial charge in [0.2, 0.25) is 0 Å². The van der Waals surface area contributed by atoms with Crippen molar-refractivity contribution in [1.29, 1.82) is 0 Å². The first-order valence-corrected chi connectivity index (χ1v) is 8.86. The monoisotopic (exact) mass is 319 g/mol. The fourth-order valence-corrected chi connectivity index (χ4v) is 3.74. The van der Waals surface area contributed by atoms with E-state index in [2.05, 4.69) is 6.92 Å². The van der Waals surface area contributed by atoms with Crippen LogP contribution in [0.3, 0.4) is 0 Å². The largest absolute Gasteiger partial charge is 0.508 e. The molecule has 0 heterocycles. The van der Waals surface area contributed by atoms with E-state index in [-0.39, 0.29) is 10.6 Å². The van der Waals surface area contributed by atoms with Crippen LogP contribution in [0, 0.1) is 0 Å². The number of phenolic OH excluding ortho intramolecular Hbond substituents is 1. The van der Waals surface area contributed by atoms with Gasteiger partial charge in [0.25, 0.3) is 10.0 Å². The first kappa shape index (κ1) is 16.4. The Labute approximate surface area is 132 Å². The number of phenols is 1. The molecule has 0 aliphatic rings. The number of nitrogens with zero attached hydrogens (tertiary/aromatic N) is 1. The van der Waals surface area contributed by atoms with Crippen molar-refractivity contribution < 1.29 is 13.5 Å². The number of aromatic hydroxyl groups is 1. The van der Waals surface area contributed by atoms with Crippen molar-refractivity contribution in [2.24, 2.45) is 0 Å². The number of sulfonamides is 1. The normalized spacial score (nSPS) is 11.3. The molecule has 0 atom stereocenters. The van der Waals surface area contributed by atoms with E-state index in [1.54, 1.807) is 12.1 Å². The van der Waals surface area contributed by atoms with Crippen LogP contribution in [0.15, 0.2) is 59.5 Å². The molecule has 0 saturated heterocycles. The lowest BCUT2D eigenvalue weighted by atomic mass is 10.2. The molecule has 5 heteroatoms. The molecule has 4 nitrogen and oxygen atoms in total. The Balaban J connectivity index is 2.36. The van der Waals surface area contributed by atoms with Gasteiger partial charge in [0, 0.05) is 6.54 Å². The van der Waals surface area contributed by atoms with Gasteiger partial charge in [0.05, 0.1) is 10.6 Å². The van der Waals surface area contributed by atoms with Gasteiger partial charge in [-0.25, -0.2) is 8.42 Å².